The second-order valence-corrected chi connectivity index (χ2v) is 10.9. The molecule has 0 saturated carbocycles. The van der Waals surface area contributed by atoms with Gasteiger partial charge in [-0.25, -0.2) is 4.68 Å². The predicted molar refractivity (Wildman–Crippen MR) is 163 cm³/mol. The molecule has 4 aromatic rings. The number of hydrogen-bond donors (Lipinski definition) is 1. The zero-order valence-corrected chi connectivity index (χ0v) is 24.5. The van der Waals surface area contributed by atoms with Gasteiger partial charge in [-0.2, -0.15) is 5.10 Å². The number of carbonyl (C=O) groups is 2. The van der Waals surface area contributed by atoms with E-state index in [4.69, 9.17) is 14.6 Å². The third-order valence-electron chi connectivity index (χ3n) is 7.01. The number of benzene rings is 3. The maximum Gasteiger partial charge on any atom is 0.240 e. The topological polar surface area (TPSA) is 85.7 Å². The van der Waals surface area contributed by atoms with Crippen molar-refractivity contribution in [2.75, 3.05) is 38.0 Å². The standard InChI is InChI=1S/C32H34N4O4S/c1-5-17-33-27(37)19-35-28(38)20-41-31(25-18-24(39-3)15-16-26(25)40-4)29-30(22-9-7-6-8-10-22)34-36(32(29)35)23-13-11-21(2)12-14-23/h6-16,18,31H,5,17,19-20H2,1-4H3,(H,33,37)/t31-/m1/s1. The number of hydrogen-bond acceptors (Lipinski definition) is 6. The molecule has 41 heavy (non-hydrogen) atoms. The van der Waals surface area contributed by atoms with E-state index in [-0.39, 0.29) is 29.4 Å². The van der Waals surface area contributed by atoms with E-state index in [2.05, 4.69) is 5.32 Å². The molecule has 1 aliphatic heterocycles. The summed E-state index contributed by atoms with van der Waals surface area (Å²) >= 11 is 1.49. The first-order chi connectivity index (χ1) is 19.9. The molecule has 1 aromatic heterocycles. The normalized spacial score (nSPS) is 14.8. The Labute approximate surface area is 244 Å². The number of fused-ring (bicyclic) bond motifs is 1. The fraction of sp³-hybridized carbons (Fsp3) is 0.281. The molecular formula is C32H34N4O4S. The Morgan fingerprint density at radius 1 is 1.05 bits per heavy atom. The van der Waals surface area contributed by atoms with Crippen molar-refractivity contribution in [3.8, 4) is 28.4 Å². The molecule has 8 nitrogen and oxygen atoms in total. The minimum atomic E-state index is -0.336. The summed E-state index contributed by atoms with van der Waals surface area (Å²) in [5, 5.41) is 7.73. The van der Waals surface area contributed by atoms with Crippen molar-refractivity contribution in [3.63, 3.8) is 0 Å². The zero-order valence-electron chi connectivity index (χ0n) is 23.7. The number of thioether (sulfide) groups is 1. The molecule has 0 unspecified atom stereocenters. The van der Waals surface area contributed by atoms with E-state index in [9.17, 15) is 9.59 Å². The first-order valence-corrected chi connectivity index (χ1v) is 14.7. The van der Waals surface area contributed by atoms with Crippen LogP contribution in [0.1, 0.15) is 35.3 Å². The lowest BCUT2D eigenvalue weighted by Gasteiger charge is -2.23. The highest BCUT2D eigenvalue weighted by atomic mass is 32.2. The average Bonchev–Trinajstić information content (AvgIpc) is 3.33. The summed E-state index contributed by atoms with van der Waals surface area (Å²) < 4.78 is 13.2. The number of aryl methyl sites for hydroxylation is 1. The monoisotopic (exact) mass is 570 g/mol. The number of amides is 2. The Balaban J connectivity index is 1.82. The number of rotatable bonds is 9. The summed E-state index contributed by atoms with van der Waals surface area (Å²) in [6.07, 6.45) is 0.804. The van der Waals surface area contributed by atoms with Crippen molar-refractivity contribution in [3.05, 3.63) is 89.5 Å². The van der Waals surface area contributed by atoms with Gasteiger partial charge in [-0.3, -0.25) is 14.5 Å². The summed E-state index contributed by atoms with van der Waals surface area (Å²) in [4.78, 5) is 28.5. The van der Waals surface area contributed by atoms with Crippen LogP contribution in [0.3, 0.4) is 0 Å². The molecule has 3 aromatic carbocycles. The lowest BCUT2D eigenvalue weighted by Crippen LogP contribution is -2.42. The first-order valence-electron chi connectivity index (χ1n) is 13.6. The minimum absolute atomic E-state index is 0.111. The van der Waals surface area contributed by atoms with Crippen LogP contribution in [0.2, 0.25) is 0 Å². The maximum atomic E-state index is 13.9. The molecule has 2 amide bonds. The zero-order chi connectivity index (χ0) is 28.9. The molecule has 0 spiro atoms. The number of anilines is 1. The van der Waals surface area contributed by atoms with Gasteiger partial charge in [0.25, 0.3) is 0 Å². The predicted octanol–water partition coefficient (Wildman–Crippen LogP) is 5.56. The molecular weight excluding hydrogens is 536 g/mol. The van der Waals surface area contributed by atoms with Crippen molar-refractivity contribution >= 4 is 29.4 Å². The van der Waals surface area contributed by atoms with Gasteiger partial charge >= 0.3 is 0 Å². The number of aromatic nitrogens is 2. The molecule has 1 N–H and O–H groups in total. The summed E-state index contributed by atoms with van der Waals surface area (Å²) in [6.45, 7) is 4.45. The number of ether oxygens (including phenoxy) is 2. The quantitative estimate of drug-likeness (QED) is 0.284. The molecule has 0 saturated heterocycles. The summed E-state index contributed by atoms with van der Waals surface area (Å²) in [5.41, 5.74) is 5.25. The Hall–Kier alpha value is -4.24. The van der Waals surface area contributed by atoms with Crippen molar-refractivity contribution < 1.29 is 19.1 Å². The highest BCUT2D eigenvalue weighted by molar-refractivity contribution is 8.00. The SMILES string of the molecule is CCCNC(=O)CN1C(=O)CS[C@H](c2cc(OC)ccc2OC)c2c(-c3ccccc3)nn(-c3ccc(C)cc3)c21. The van der Waals surface area contributed by atoms with Gasteiger partial charge in [0.2, 0.25) is 11.8 Å². The molecule has 1 aliphatic rings. The van der Waals surface area contributed by atoms with Gasteiger partial charge in [0.15, 0.2) is 0 Å². The van der Waals surface area contributed by atoms with E-state index in [1.165, 1.54) is 11.8 Å². The molecule has 0 fully saturated rings. The lowest BCUT2D eigenvalue weighted by atomic mass is 9.98. The highest BCUT2D eigenvalue weighted by Crippen LogP contribution is 2.51. The fourth-order valence-electron chi connectivity index (χ4n) is 4.95. The number of methoxy groups -OCH3 is 2. The Bertz CT molecular complexity index is 1540. The third-order valence-corrected chi connectivity index (χ3v) is 8.24. The second kappa shape index (κ2) is 12.5. The Morgan fingerprint density at radius 2 is 1.80 bits per heavy atom. The van der Waals surface area contributed by atoms with Crippen LogP contribution >= 0.6 is 11.8 Å². The lowest BCUT2D eigenvalue weighted by molar-refractivity contribution is -0.122. The molecule has 2 heterocycles. The van der Waals surface area contributed by atoms with Crippen molar-refractivity contribution in [2.24, 2.45) is 0 Å². The Morgan fingerprint density at radius 3 is 2.49 bits per heavy atom. The maximum absolute atomic E-state index is 13.9. The van der Waals surface area contributed by atoms with Crippen LogP contribution in [0.5, 0.6) is 11.5 Å². The fourth-order valence-corrected chi connectivity index (χ4v) is 6.16. The molecule has 5 rings (SSSR count). The first kappa shape index (κ1) is 28.3. The van der Waals surface area contributed by atoms with E-state index in [0.29, 0.717) is 23.9 Å². The molecule has 0 bridgehead atoms. The van der Waals surface area contributed by atoms with Gasteiger partial charge in [0.1, 0.15) is 23.9 Å². The van der Waals surface area contributed by atoms with E-state index in [0.717, 1.165) is 40.1 Å². The molecule has 0 radical (unpaired) electrons. The number of nitrogens with one attached hydrogen (secondary N) is 1. The number of nitrogens with zero attached hydrogens (tertiary/aromatic N) is 3. The van der Waals surface area contributed by atoms with Crippen molar-refractivity contribution in [1.82, 2.24) is 15.1 Å². The van der Waals surface area contributed by atoms with Crippen LogP contribution in [0, 0.1) is 6.92 Å². The van der Waals surface area contributed by atoms with Gasteiger partial charge < -0.3 is 14.8 Å². The van der Waals surface area contributed by atoms with Crippen LogP contribution in [0.4, 0.5) is 5.82 Å². The smallest absolute Gasteiger partial charge is 0.240 e. The second-order valence-electron chi connectivity index (χ2n) is 9.83. The van der Waals surface area contributed by atoms with Crippen LogP contribution < -0.4 is 19.7 Å². The van der Waals surface area contributed by atoms with E-state index in [1.54, 1.807) is 23.8 Å². The molecule has 0 aliphatic carbocycles. The van der Waals surface area contributed by atoms with E-state index < -0.39 is 0 Å². The molecule has 1 atom stereocenters. The van der Waals surface area contributed by atoms with Crippen molar-refractivity contribution in [2.45, 2.75) is 25.5 Å². The highest BCUT2D eigenvalue weighted by Gasteiger charge is 2.38. The van der Waals surface area contributed by atoms with E-state index >= 15 is 0 Å². The summed E-state index contributed by atoms with van der Waals surface area (Å²) in [6, 6.07) is 23.6. The van der Waals surface area contributed by atoms with E-state index in [1.807, 2.05) is 86.6 Å². The largest absolute Gasteiger partial charge is 0.497 e. The van der Waals surface area contributed by atoms with Crippen LogP contribution in [0.15, 0.2) is 72.8 Å². The van der Waals surface area contributed by atoms with Crippen LogP contribution in [-0.4, -0.2) is 54.7 Å². The number of carbonyl (C=O) groups excluding carboxylic acids is 2. The van der Waals surface area contributed by atoms with Crippen LogP contribution in [-0.2, 0) is 9.59 Å². The van der Waals surface area contributed by atoms with Gasteiger partial charge in [0.05, 0.1) is 36.6 Å². The minimum Gasteiger partial charge on any atom is -0.497 e. The Kier molecular flexibility index (Phi) is 8.64. The van der Waals surface area contributed by atoms with Gasteiger partial charge in [-0.05, 0) is 43.7 Å². The summed E-state index contributed by atoms with van der Waals surface area (Å²) in [7, 11) is 3.26. The average molecular weight is 571 g/mol. The van der Waals surface area contributed by atoms with Gasteiger partial charge in [-0.15, -0.1) is 11.8 Å². The van der Waals surface area contributed by atoms with Crippen LogP contribution in [0.25, 0.3) is 16.9 Å². The van der Waals surface area contributed by atoms with Crippen molar-refractivity contribution in [1.29, 1.82) is 0 Å². The van der Waals surface area contributed by atoms with Gasteiger partial charge in [-0.1, -0.05) is 55.0 Å². The van der Waals surface area contributed by atoms with Gasteiger partial charge in [0, 0.05) is 23.2 Å². The molecule has 212 valence electrons. The third kappa shape index (κ3) is 5.81. The molecule has 9 heteroatoms. The summed E-state index contributed by atoms with van der Waals surface area (Å²) in [5.74, 6) is 1.72.